The molecule has 0 radical (unpaired) electrons. The van der Waals surface area contributed by atoms with Crippen molar-refractivity contribution in [3.8, 4) is 6.07 Å². The van der Waals surface area contributed by atoms with Crippen molar-refractivity contribution in [2.24, 2.45) is 0 Å². The van der Waals surface area contributed by atoms with Gasteiger partial charge in [-0.15, -0.1) is 0 Å². The molecule has 13 heteroatoms. The fourth-order valence-corrected chi connectivity index (χ4v) is 5.27. The molecule has 0 spiro atoms. The van der Waals surface area contributed by atoms with Gasteiger partial charge in [0.05, 0.1) is 22.6 Å². The molecule has 1 aliphatic rings. The van der Waals surface area contributed by atoms with Gasteiger partial charge in [-0.2, -0.15) is 18.4 Å². The van der Waals surface area contributed by atoms with Gasteiger partial charge in [-0.25, -0.2) is 13.2 Å². The Morgan fingerprint density at radius 2 is 1.84 bits per heavy atom. The normalized spacial score (nSPS) is 15.3. The first-order valence-electron chi connectivity index (χ1n) is 11.3. The Morgan fingerprint density at radius 1 is 1.18 bits per heavy atom. The average molecular weight is 551 g/mol. The molecule has 0 bridgehead atoms. The van der Waals surface area contributed by atoms with Crippen molar-refractivity contribution in [2.45, 2.75) is 56.3 Å². The maximum absolute atomic E-state index is 13.2. The number of carbonyl (C=O) groups excluding carboxylic acids is 1. The number of halogens is 3. The quantitative estimate of drug-likeness (QED) is 0.516. The molecule has 1 heterocycles. The van der Waals surface area contributed by atoms with E-state index in [0.717, 1.165) is 29.5 Å². The first kappa shape index (κ1) is 28.6. The zero-order valence-corrected chi connectivity index (χ0v) is 21.7. The number of amides is 1. The standard InChI is InChI=1S/C25H25F3N4O5S/c1-24(2,3)32(23(34)35)22(16-6-5-14(13-29)11-19(16)38(4,36)37)21-17(7-8-18(21)33)31-15-9-10-30-20(12-15)25(26,27)28/h5-6,9-12,22H,7-8H2,1-4H3,(H,30,31)(H,34,35). The Labute approximate surface area is 217 Å². The number of carbonyl (C=O) groups is 2. The molecule has 3 rings (SSSR count). The maximum atomic E-state index is 13.2. The molecular formula is C25H25F3N4O5S. The van der Waals surface area contributed by atoms with Crippen LogP contribution in [0.3, 0.4) is 0 Å². The summed E-state index contributed by atoms with van der Waals surface area (Å²) in [6, 6.07) is 6.11. The van der Waals surface area contributed by atoms with Gasteiger partial charge in [0.2, 0.25) is 0 Å². The number of anilines is 1. The van der Waals surface area contributed by atoms with E-state index in [2.05, 4.69) is 10.3 Å². The fourth-order valence-electron chi connectivity index (χ4n) is 4.32. The highest BCUT2D eigenvalue weighted by atomic mass is 32.2. The Hall–Kier alpha value is -3.92. The monoisotopic (exact) mass is 550 g/mol. The summed E-state index contributed by atoms with van der Waals surface area (Å²) in [6.45, 7) is 4.68. The number of allylic oxidation sites excluding steroid dienone is 1. The van der Waals surface area contributed by atoms with E-state index < -0.39 is 45.2 Å². The number of aromatic nitrogens is 1. The lowest BCUT2D eigenvalue weighted by atomic mass is 9.90. The molecule has 0 aliphatic heterocycles. The Kier molecular flexibility index (Phi) is 7.61. The number of rotatable bonds is 6. The van der Waals surface area contributed by atoms with Crippen LogP contribution in [0.2, 0.25) is 0 Å². The van der Waals surface area contributed by atoms with Crippen LogP contribution in [0.5, 0.6) is 0 Å². The van der Waals surface area contributed by atoms with Crippen LogP contribution in [0.15, 0.2) is 52.7 Å². The number of benzene rings is 1. The van der Waals surface area contributed by atoms with Gasteiger partial charge in [-0.3, -0.25) is 14.7 Å². The lowest BCUT2D eigenvalue weighted by molar-refractivity contribution is -0.141. The number of alkyl halides is 3. The van der Waals surface area contributed by atoms with Gasteiger partial charge in [-0.1, -0.05) is 6.07 Å². The van der Waals surface area contributed by atoms with Crippen molar-refractivity contribution in [1.29, 1.82) is 5.26 Å². The molecule has 0 saturated carbocycles. The smallest absolute Gasteiger partial charge is 0.433 e. The van der Waals surface area contributed by atoms with Crippen molar-refractivity contribution >= 4 is 27.4 Å². The SMILES string of the molecule is CC(C)(C)N(C(=O)O)C(C1=C(Nc2ccnc(C(F)(F)F)c2)CCC1=O)c1ccc(C#N)cc1S(C)(=O)=O. The van der Waals surface area contributed by atoms with E-state index >= 15 is 0 Å². The third kappa shape index (κ3) is 5.96. The number of sulfone groups is 1. The summed E-state index contributed by atoms with van der Waals surface area (Å²) < 4.78 is 65.1. The van der Waals surface area contributed by atoms with Gasteiger partial charge in [0.25, 0.3) is 0 Å². The third-order valence-electron chi connectivity index (χ3n) is 5.87. The zero-order valence-electron chi connectivity index (χ0n) is 20.9. The summed E-state index contributed by atoms with van der Waals surface area (Å²) in [6.07, 6.45) is -4.36. The molecule has 0 fully saturated rings. The van der Waals surface area contributed by atoms with Gasteiger partial charge in [-0.05, 0) is 57.0 Å². The second kappa shape index (κ2) is 10.1. The molecule has 1 atom stereocenters. The highest BCUT2D eigenvalue weighted by molar-refractivity contribution is 7.90. The molecule has 1 unspecified atom stereocenters. The van der Waals surface area contributed by atoms with Gasteiger partial charge in [0.1, 0.15) is 5.69 Å². The number of hydrogen-bond acceptors (Lipinski definition) is 7. The van der Waals surface area contributed by atoms with Crippen molar-refractivity contribution in [1.82, 2.24) is 9.88 Å². The molecule has 9 nitrogen and oxygen atoms in total. The lowest BCUT2D eigenvalue weighted by Crippen LogP contribution is -2.48. The van der Waals surface area contributed by atoms with Crippen molar-refractivity contribution in [3.05, 3.63) is 64.6 Å². The number of nitriles is 1. The van der Waals surface area contributed by atoms with E-state index in [1.54, 1.807) is 20.8 Å². The number of hydrogen-bond donors (Lipinski definition) is 2. The maximum Gasteiger partial charge on any atom is 0.433 e. The number of ketones is 1. The van der Waals surface area contributed by atoms with Gasteiger partial charge < -0.3 is 10.4 Å². The Morgan fingerprint density at radius 3 is 2.37 bits per heavy atom. The third-order valence-corrected chi connectivity index (χ3v) is 7.02. The second-order valence-corrected chi connectivity index (χ2v) is 11.7. The molecule has 1 aliphatic carbocycles. The summed E-state index contributed by atoms with van der Waals surface area (Å²) in [4.78, 5) is 29.7. The van der Waals surface area contributed by atoms with E-state index in [9.17, 15) is 41.5 Å². The van der Waals surface area contributed by atoms with Gasteiger partial charge >= 0.3 is 12.3 Å². The van der Waals surface area contributed by atoms with Crippen LogP contribution in [0.25, 0.3) is 0 Å². The molecule has 2 N–H and O–H groups in total. The summed E-state index contributed by atoms with van der Waals surface area (Å²) in [5.74, 6) is -0.498. The summed E-state index contributed by atoms with van der Waals surface area (Å²) in [5.41, 5.74) is -2.35. The number of pyridine rings is 1. The fraction of sp³-hybridized carbons (Fsp3) is 0.360. The van der Waals surface area contributed by atoms with Crippen LogP contribution in [0, 0.1) is 11.3 Å². The molecule has 38 heavy (non-hydrogen) atoms. The highest BCUT2D eigenvalue weighted by Gasteiger charge is 2.43. The predicted octanol–water partition coefficient (Wildman–Crippen LogP) is 4.92. The molecule has 1 aromatic heterocycles. The van der Waals surface area contributed by atoms with Crippen molar-refractivity contribution in [3.63, 3.8) is 0 Å². The number of nitrogens with one attached hydrogen (secondary N) is 1. The summed E-state index contributed by atoms with van der Waals surface area (Å²) in [5, 5.41) is 22.3. The Balaban J connectivity index is 2.34. The first-order chi connectivity index (χ1) is 17.4. The minimum absolute atomic E-state index is 0.00657. The Bertz CT molecular complexity index is 1470. The number of Topliss-reactive ketones (excluding diaryl/α,β-unsaturated/α-hetero) is 1. The van der Waals surface area contributed by atoms with Crippen LogP contribution in [-0.2, 0) is 20.8 Å². The van der Waals surface area contributed by atoms with Crippen LogP contribution < -0.4 is 5.32 Å². The predicted molar refractivity (Wildman–Crippen MR) is 131 cm³/mol. The van der Waals surface area contributed by atoms with E-state index in [4.69, 9.17) is 0 Å². The highest BCUT2D eigenvalue weighted by Crippen LogP contribution is 2.43. The summed E-state index contributed by atoms with van der Waals surface area (Å²) >= 11 is 0. The van der Waals surface area contributed by atoms with Crippen LogP contribution in [-0.4, -0.2) is 47.1 Å². The zero-order chi connectivity index (χ0) is 28.6. The van der Waals surface area contributed by atoms with E-state index in [-0.39, 0.29) is 45.8 Å². The second-order valence-electron chi connectivity index (χ2n) is 9.73. The van der Waals surface area contributed by atoms with E-state index in [1.807, 2.05) is 6.07 Å². The molecule has 202 valence electrons. The van der Waals surface area contributed by atoms with Crippen LogP contribution >= 0.6 is 0 Å². The average Bonchev–Trinajstić information content (AvgIpc) is 3.14. The topological polar surface area (TPSA) is 140 Å². The van der Waals surface area contributed by atoms with E-state index in [1.165, 1.54) is 18.2 Å². The van der Waals surface area contributed by atoms with Gasteiger partial charge in [0.15, 0.2) is 15.6 Å². The minimum Gasteiger partial charge on any atom is -0.465 e. The molecule has 1 aromatic carbocycles. The largest absolute Gasteiger partial charge is 0.465 e. The van der Waals surface area contributed by atoms with Crippen LogP contribution in [0.1, 0.15) is 56.5 Å². The van der Waals surface area contributed by atoms with Crippen molar-refractivity contribution in [2.75, 3.05) is 11.6 Å². The van der Waals surface area contributed by atoms with Crippen LogP contribution in [0.4, 0.5) is 23.7 Å². The molecule has 0 saturated heterocycles. The summed E-state index contributed by atoms with van der Waals surface area (Å²) in [7, 11) is -4.02. The molecular weight excluding hydrogens is 525 g/mol. The van der Waals surface area contributed by atoms with Crippen molar-refractivity contribution < 1.29 is 36.3 Å². The molecule has 1 amide bonds. The number of nitrogens with zero attached hydrogens (tertiary/aromatic N) is 3. The first-order valence-corrected chi connectivity index (χ1v) is 13.2. The lowest BCUT2D eigenvalue weighted by Gasteiger charge is -2.41. The van der Waals surface area contributed by atoms with E-state index in [0.29, 0.717) is 0 Å². The number of carboxylic acid groups (broad SMARTS) is 1. The minimum atomic E-state index is -4.72. The molecule has 2 aromatic rings. The van der Waals surface area contributed by atoms with Gasteiger partial charge in [0, 0.05) is 41.4 Å².